The van der Waals surface area contributed by atoms with Gasteiger partial charge < -0.3 is 26.4 Å². The Hall–Kier alpha value is -4.05. The molecular formula is C29H47BN7O8+. The number of carbonyl (C=O) groups is 4. The summed E-state index contributed by atoms with van der Waals surface area (Å²) in [6, 6.07) is 5.90. The van der Waals surface area contributed by atoms with Crippen LogP contribution in [0.5, 0.6) is 0 Å². The van der Waals surface area contributed by atoms with E-state index in [2.05, 4.69) is 15.6 Å². The summed E-state index contributed by atoms with van der Waals surface area (Å²) in [5, 5.41) is 32.7. The number of hydrogen-bond acceptors (Lipinski definition) is 8. The molecule has 0 radical (unpaired) electrons. The quantitative estimate of drug-likeness (QED) is 0.0256. The molecule has 1 aromatic carbocycles. The van der Waals surface area contributed by atoms with Crippen LogP contribution in [0.1, 0.15) is 105 Å². The zero-order valence-electron chi connectivity index (χ0n) is 26.1. The second-order valence-corrected chi connectivity index (χ2v) is 11.6. The molecule has 1 aromatic rings. The molecule has 1 aliphatic rings. The average Bonchev–Trinajstić information content (AvgIpc) is 3.21. The minimum atomic E-state index is -1.76. The fraction of sp³-hybridized carbons (Fsp3) is 0.621. The molecule has 0 aliphatic carbocycles. The third-order valence-corrected chi connectivity index (χ3v) is 7.37. The molecule has 45 heavy (non-hydrogen) atoms. The summed E-state index contributed by atoms with van der Waals surface area (Å²) in [5.74, 6) is -2.48. The zero-order valence-corrected chi connectivity index (χ0v) is 26.1. The Morgan fingerprint density at radius 3 is 2.09 bits per heavy atom. The normalized spacial score (nSPS) is 14.2. The van der Waals surface area contributed by atoms with Crippen LogP contribution in [0.2, 0.25) is 0 Å². The van der Waals surface area contributed by atoms with Gasteiger partial charge in [-0.05, 0) is 55.6 Å². The minimum Gasteiger partial charge on any atom is -0.426 e. The smallest absolute Gasteiger partial charge is 0.426 e. The van der Waals surface area contributed by atoms with Gasteiger partial charge >= 0.3 is 12.2 Å². The molecule has 15 nitrogen and oxygen atoms in total. The molecule has 4 amide bonds. The van der Waals surface area contributed by atoms with E-state index in [9.17, 15) is 34.1 Å². The average molecular weight is 633 g/mol. The summed E-state index contributed by atoms with van der Waals surface area (Å²) in [4.78, 5) is 66.3. The van der Waals surface area contributed by atoms with Gasteiger partial charge in [-0.1, -0.05) is 58.1 Å². The number of amides is 4. The lowest BCUT2D eigenvalue weighted by Gasteiger charge is -2.24. The fourth-order valence-corrected chi connectivity index (χ4v) is 5.09. The summed E-state index contributed by atoms with van der Waals surface area (Å²) in [6.45, 7) is 4.26. The third kappa shape index (κ3) is 13.2. The molecule has 1 heterocycles. The summed E-state index contributed by atoms with van der Waals surface area (Å²) in [6.07, 6.45) is 6.88. The maximum Gasteiger partial charge on any atom is 0.475 e. The van der Waals surface area contributed by atoms with Gasteiger partial charge in [0, 0.05) is 19.5 Å². The molecule has 248 valence electrons. The maximum absolute atomic E-state index is 13.0. The van der Waals surface area contributed by atoms with E-state index >= 15 is 0 Å². The summed E-state index contributed by atoms with van der Waals surface area (Å²) in [7, 11) is -1.76. The van der Waals surface area contributed by atoms with Crippen molar-refractivity contribution in [3.63, 3.8) is 0 Å². The zero-order chi connectivity index (χ0) is 33.4. The number of nitrogens with zero attached hydrogens (tertiary/aromatic N) is 3. The molecule has 0 fully saturated rings. The van der Waals surface area contributed by atoms with Crippen molar-refractivity contribution in [1.82, 2.24) is 21.0 Å². The Bertz CT molecular complexity index is 1160. The van der Waals surface area contributed by atoms with Crippen molar-refractivity contribution in [3.8, 4) is 0 Å². The van der Waals surface area contributed by atoms with E-state index in [1.54, 1.807) is 24.3 Å². The van der Waals surface area contributed by atoms with Crippen LogP contribution < -0.4 is 21.8 Å². The highest BCUT2D eigenvalue weighted by molar-refractivity contribution is 6.43. The van der Waals surface area contributed by atoms with Gasteiger partial charge in [-0.2, -0.15) is 0 Å². The molecule has 0 saturated heterocycles. The number of hydrazine groups is 1. The van der Waals surface area contributed by atoms with Crippen LogP contribution in [-0.2, 0) is 9.59 Å². The second-order valence-electron chi connectivity index (χ2n) is 11.6. The van der Waals surface area contributed by atoms with Crippen LogP contribution in [0.4, 0.5) is 0 Å². The Morgan fingerprint density at radius 1 is 0.956 bits per heavy atom. The van der Waals surface area contributed by atoms with Crippen LogP contribution in [0.25, 0.3) is 0 Å². The minimum absolute atomic E-state index is 0.0818. The Balaban J connectivity index is 1.71. The summed E-state index contributed by atoms with van der Waals surface area (Å²) < 4.78 is 0. The summed E-state index contributed by atoms with van der Waals surface area (Å²) in [5.41, 5.74) is 8.21. The Kier molecular flexibility index (Phi) is 16.0. The van der Waals surface area contributed by atoms with Crippen molar-refractivity contribution in [3.05, 3.63) is 40.3 Å². The molecular weight excluding hydrogens is 585 g/mol. The van der Waals surface area contributed by atoms with E-state index in [1.807, 2.05) is 19.3 Å². The molecule has 0 spiro atoms. The van der Waals surface area contributed by atoms with Crippen molar-refractivity contribution in [1.29, 1.82) is 0 Å². The number of carbonyl (C=O) groups excluding carboxylic acids is 4. The van der Waals surface area contributed by atoms with E-state index in [4.69, 9.17) is 10.9 Å². The highest BCUT2D eigenvalue weighted by Crippen LogP contribution is 2.23. The highest BCUT2D eigenvalue weighted by Gasteiger charge is 2.34. The highest BCUT2D eigenvalue weighted by atomic mass is 16.7. The number of fused-ring (bicyclic) bond motifs is 1. The standard InChI is InChI=1S/C29H46BN7O8/c1-20(2)19-24(30(42)43)34-26(39)23(15-12-17-32-29(31)35-37(44)45)33-25(38)16-8-6-4-3-5-7-11-18-36-27(40)21-13-9-10-14-22(21)28(36)41/h9-10,13-14,20,23-24,42-43H,3-8,11-12,15-19H2,1-2H3,(H5-,31,32,33,34,35,38,39,44,45)/p+1/t23-,24-/m0/s1. The van der Waals surface area contributed by atoms with Gasteiger partial charge in [-0.25, -0.2) is 10.2 Å². The Labute approximate surface area is 263 Å². The first kappa shape index (κ1) is 37.1. The summed E-state index contributed by atoms with van der Waals surface area (Å²) >= 11 is 0. The van der Waals surface area contributed by atoms with Gasteiger partial charge in [-0.15, -0.1) is 0 Å². The second kappa shape index (κ2) is 19.4. The Morgan fingerprint density at radius 2 is 1.53 bits per heavy atom. The van der Waals surface area contributed by atoms with Crippen LogP contribution >= 0.6 is 0 Å². The molecule has 8 N–H and O–H groups in total. The fourth-order valence-electron chi connectivity index (χ4n) is 5.09. The van der Waals surface area contributed by atoms with Crippen LogP contribution in [0, 0.1) is 10.8 Å². The van der Waals surface area contributed by atoms with E-state index in [0.717, 1.165) is 38.5 Å². The number of imide groups is 1. The first-order valence-electron chi connectivity index (χ1n) is 15.5. The van der Waals surface area contributed by atoms with E-state index in [1.165, 1.54) is 4.90 Å². The van der Waals surface area contributed by atoms with Gasteiger partial charge in [-0.3, -0.25) is 24.1 Å². The number of nitrogens with one attached hydrogen (secondary N) is 3. The molecule has 1 aliphatic heterocycles. The first-order valence-corrected chi connectivity index (χ1v) is 15.5. The molecule has 0 unspecified atom stereocenters. The van der Waals surface area contributed by atoms with E-state index < -0.39 is 30.0 Å². The lowest BCUT2D eigenvalue weighted by atomic mass is 9.75. The van der Waals surface area contributed by atoms with Gasteiger partial charge in [0.2, 0.25) is 11.8 Å². The van der Waals surface area contributed by atoms with Gasteiger partial charge in [0.1, 0.15) is 10.9 Å². The predicted octanol–water partition coefficient (Wildman–Crippen LogP) is 1.20. The first-order chi connectivity index (χ1) is 21.4. The number of benzene rings is 1. The van der Waals surface area contributed by atoms with Crippen molar-refractivity contribution in [2.45, 2.75) is 96.5 Å². The predicted molar refractivity (Wildman–Crippen MR) is 167 cm³/mol. The van der Waals surface area contributed by atoms with Crippen molar-refractivity contribution < 1.29 is 39.5 Å². The number of nitrogens with two attached hydrogens (primary N) is 1. The molecule has 16 heteroatoms. The SMILES string of the molecule is CC(C)C[C@H](NC(=O)[C@H](CCCN=C(N)N[N+](=O)O)NC(=O)CCCCCCCCCN1C(=O)c2ccccc2C1=O)B(O)O. The number of guanidine groups is 1. The molecule has 0 bridgehead atoms. The number of unbranched alkanes of at least 4 members (excludes halogenated alkanes) is 6. The number of aliphatic imine (C=N–C) groups is 1. The lowest BCUT2D eigenvalue weighted by Crippen LogP contribution is -2.54. The maximum atomic E-state index is 13.0. The van der Waals surface area contributed by atoms with Gasteiger partial charge in [0.05, 0.1) is 17.1 Å². The number of hydrogen-bond donors (Lipinski definition) is 7. The largest absolute Gasteiger partial charge is 0.475 e. The molecule has 2 rings (SSSR count). The van der Waals surface area contributed by atoms with Crippen LogP contribution in [-0.4, -0.2) is 87.0 Å². The molecule has 0 aromatic heterocycles. The third-order valence-electron chi connectivity index (χ3n) is 7.37. The lowest BCUT2D eigenvalue weighted by molar-refractivity contribution is -0.822. The topological polar surface area (TPSA) is 227 Å². The van der Waals surface area contributed by atoms with Crippen LogP contribution in [0.3, 0.4) is 0 Å². The van der Waals surface area contributed by atoms with Crippen LogP contribution in [0.15, 0.2) is 29.3 Å². The van der Waals surface area contributed by atoms with E-state index in [-0.39, 0.29) is 49.0 Å². The van der Waals surface area contributed by atoms with Crippen molar-refractivity contribution in [2.24, 2.45) is 16.6 Å². The van der Waals surface area contributed by atoms with Gasteiger partial charge in [0.15, 0.2) is 0 Å². The van der Waals surface area contributed by atoms with Crippen molar-refractivity contribution >= 4 is 36.7 Å². The van der Waals surface area contributed by atoms with Crippen molar-refractivity contribution in [2.75, 3.05) is 13.1 Å². The molecule has 2 atom stereocenters. The van der Waals surface area contributed by atoms with E-state index in [0.29, 0.717) is 36.9 Å². The molecule has 0 saturated carbocycles. The van der Waals surface area contributed by atoms with Gasteiger partial charge in [0.25, 0.3) is 17.8 Å². The number of rotatable bonds is 21. The monoisotopic (exact) mass is 632 g/mol.